The fourth-order valence-electron chi connectivity index (χ4n) is 3.26. The van der Waals surface area contributed by atoms with Crippen molar-refractivity contribution in [3.05, 3.63) is 81.0 Å². The summed E-state index contributed by atoms with van der Waals surface area (Å²) in [7, 11) is 0. The van der Waals surface area contributed by atoms with Crippen molar-refractivity contribution in [2.75, 3.05) is 5.32 Å². The molecule has 0 radical (unpaired) electrons. The first-order valence-corrected chi connectivity index (χ1v) is 9.63. The summed E-state index contributed by atoms with van der Waals surface area (Å²) in [6.07, 6.45) is 0.977. The highest BCUT2D eigenvalue weighted by atomic mass is 16.5. The molecule has 2 aromatic carbocycles. The van der Waals surface area contributed by atoms with Gasteiger partial charge in [0.2, 0.25) is 11.8 Å². The Hall–Kier alpha value is -3.94. The van der Waals surface area contributed by atoms with Crippen LogP contribution < -0.4 is 16.6 Å². The molecule has 0 aliphatic heterocycles. The fourth-order valence-corrected chi connectivity index (χ4v) is 3.26. The topological polar surface area (TPSA) is 110 Å². The molecule has 4 rings (SSSR count). The highest BCUT2D eigenvalue weighted by molar-refractivity contribution is 5.90. The first-order valence-electron chi connectivity index (χ1n) is 9.63. The Labute approximate surface area is 171 Å². The molecule has 0 saturated heterocycles. The molecule has 30 heavy (non-hydrogen) atoms. The molecular formula is C22H20N4O4. The Morgan fingerprint density at radius 3 is 2.67 bits per heavy atom. The van der Waals surface area contributed by atoms with Gasteiger partial charge in [0.15, 0.2) is 0 Å². The number of amides is 1. The number of fused-ring (bicyclic) bond motifs is 1. The van der Waals surface area contributed by atoms with Crippen LogP contribution in [0, 0.1) is 0 Å². The monoisotopic (exact) mass is 404 g/mol. The van der Waals surface area contributed by atoms with Gasteiger partial charge in [-0.3, -0.25) is 24.5 Å². The van der Waals surface area contributed by atoms with Crippen LogP contribution in [0.15, 0.2) is 68.7 Å². The molecular weight excluding hydrogens is 384 g/mol. The van der Waals surface area contributed by atoms with Crippen LogP contribution in [0.4, 0.5) is 5.88 Å². The van der Waals surface area contributed by atoms with Crippen molar-refractivity contribution < 1.29 is 9.32 Å². The standard InChI is InChI=1S/C22H20N4O4/c1-2-14-7-9-15(10-8-14)17-13-20(30-25-17)23-19(27)11-12-26-18-6-4-3-5-16(18)21(28)24-22(26)29/h3-10,13H,2,11-12H2,1H3,(H,23,27)(H,24,28,29). The minimum Gasteiger partial charge on any atom is -0.338 e. The van der Waals surface area contributed by atoms with Gasteiger partial charge in [0.1, 0.15) is 5.69 Å². The number of hydrogen-bond acceptors (Lipinski definition) is 5. The Morgan fingerprint density at radius 2 is 1.90 bits per heavy atom. The van der Waals surface area contributed by atoms with E-state index in [1.54, 1.807) is 30.3 Å². The number of anilines is 1. The lowest BCUT2D eigenvalue weighted by molar-refractivity contribution is -0.116. The van der Waals surface area contributed by atoms with Crippen molar-refractivity contribution in [1.82, 2.24) is 14.7 Å². The largest absolute Gasteiger partial charge is 0.338 e. The van der Waals surface area contributed by atoms with E-state index >= 15 is 0 Å². The summed E-state index contributed by atoms with van der Waals surface area (Å²) in [5.41, 5.74) is 2.22. The second kappa shape index (κ2) is 8.20. The van der Waals surface area contributed by atoms with Crippen LogP contribution in [0.3, 0.4) is 0 Å². The number of rotatable bonds is 6. The molecule has 2 N–H and O–H groups in total. The third-order valence-corrected chi connectivity index (χ3v) is 4.90. The minimum atomic E-state index is -0.552. The molecule has 0 saturated carbocycles. The summed E-state index contributed by atoms with van der Waals surface area (Å²) in [6.45, 7) is 2.20. The number of para-hydroxylation sites is 1. The van der Waals surface area contributed by atoms with Gasteiger partial charge in [0, 0.05) is 24.6 Å². The lowest BCUT2D eigenvalue weighted by Gasteiger charge is -2.08. The van der Waals surface area contributed by atoms with Crippen LogP contribution in [-0.2, 0) is 17.8 Å². The average molecular weight is 404 g/mol. The SMILES string of the molecule is CCc1ccc(-c2cc(NC(=O)CCn3c(=O)[nH]c(=O)c4ccccc43)on2)cc1. The molecule has 2 heterocycles. The molecule has 0 atom stereocenters. The van der Waals surface area contributed by atoms with Crippen molar-refractivity contribution in [3.63, 3.8) is 0 Å². The summed E-state index contributed by atoms with van der Waals surface area (Å²) >= 11 is 0. The lowest BCUT2D eigenvalue weighted by atomic mass is 10.1. The van der Waals surface area contributed by atoms with Crippen LogP contribution in [-0.4, -0.2) is 20.6 Å². The maximum atomic E-state index is 12.3. The maximum Gasteiger partial charge on any atom is 0.328 e. The third kappa shape index (κ3) is 3.93. The van der Waals surface area contributed by atoms with Crippen LogP contribution in [0.2, 0.25) is 0 Å². The number of aromatic amines is 1. The third-order valence-electron chi connectivity index (χ3n) is 4.90. The van der Waals surface area contributed by atoms with E-state index in [9.17, 15) is 14.4 Å². The van der Waals surface area contributed by atoms with Crippen molar-refractivity contribution in [2.45, 2.75) is 26.3 Å². The molecule has 0 aliphatic rings. The summed E-state index contributed by atoms with van der Waals surface area (Å²) in [6, 6.07) is 16.4. The number of carbonyl (C=O) groups excluding carboxylic acids is 1. The van der Waals surface area contributed by atoms with Gasteiger partial charge in [0.05, 0.1) is 10.9 Å². The Morgan fingerprint density at radius 1 is 1.13 bits per heavy atom. The summed E-state index contributed by atoms with van der Waals surface area (Å²) in [5.74, 6) is -0.102. The van der Waals surface area contributed by atoms with Gasteiger partial charge in [-0.2, -0.15) is 0 Å². The number of nitrogens with one attached hydrogen (secondary N) is 2. The highest BCUT2D eigenvalue weighted by Crippen LogP contribution is 2.22. The number of aromatic nitrogens is 3. The van der Waals surface area contributed by atoms with Gasteiger partial charge in [-0.1, -0.05) is 48.5 Å². The Bertz CT molecular complexity index is 1320. The van der Waals surface area contributed by atoms with Gasteiger partial charge in [-0.15, -0.1) is 0 Å². The minimum absolute atomic E-state index is 0.0250. The quantitative estimate of drug-likeness (QED) is 0.513. The van der Waals surface area contributed by atoms with Gasteiger partial charge in [-0.25, -0.2) is 4.79 Å². The molecule has 0 bridgehead atoms. The number of nitrogens with zero attached hydrogens (tertiary/aromatic N) is 2. The average Bonchev–Trinajstić information content (AvgIpc) is 3.22. The normalized spacial score (nSPS) is 11.0. The van der Waals surface area contributed by atoms with Crippen molar-refractivity contribution >= 4 is 22.7 Å². The Kier molecular flexibility index (Phi) is 5.30. The van der Waals surface area contributed by atoms with Gasteiger partial charge in [-0.05, 0) is 24.1 Å². The number of carbonyl (C=O) groups is 1. The predicted molar refractivity (Wildman–Crippen MR) is 113 cm³/mol. The van der Waals surface area contributed by atoms with Crippen molar-refractivity contribution in [2.24, 2.45) is 0 Å². The van der Waals surface area contributed by atoms with E-state index in [1.807, 2.05) is 24.3 Å². The number of H-pyrrole nitrogens is 1. The highest BCUT2D eigenvalue weighted by Gasteiger charge is 2.12. The summed E-state index contributed by atoms with van der Waals surface area (Å²) in [5, 5.41) is 7.04. The van der Waals surface area contributed by atoms with E-state index < -0.39 is 11.2 Å². The van der Waals surface area contributed by atoms with Crippen LogP contribution >= 0.6 is 0 Å². The van der Waals surface area contributed by atoms with Crippen LogP contribution in [0.5, 0.6) is 0 Å². The van der Waals surface area contributed by atoms with E-state index in [4.69, 9.17) is 4.52 Å². The van der Waals surface area contributed by atoms with Crippen LogP contribution in [0.1, 0.15) is 18.9 Å². The zero-order valence-corrected chi connectivity index (χ0v) is 16.3. The Balaban J connectivity index is 1.45. The lowest BCUT2D eigenvalue weighted by Crippen LogP contribution is -2.31. The molecule has 8 heteroatoms. The van der Waals surface area contributed by atoms with Crippen LogP contribution in [0.25, 0.3) is 22.2 Å². The van der Waals surface area contributed by atoms with E-state index in [0.717, 1.165) is 12.0 Å². The number of aryl methyl sites for hydroxylation is 2. The zero-order chi connectivity index (χ0) is 21.1. The van der Waals surface area contributed by atoms with Gasteiger partial charge in [0.25, 0.3) is 5.56 Å². The fraction of sp³-hybridized carbons (Fsp3) is 0.182. The first-order chi connectivity index (χ1) is 14.5. The van der Waals surface area contributed by atoms with Gasteiger partial charge >= 0.3 is 5.69 Å². The smallest absolute Gasteiger partial charge is 0.328 e. The second-order valence-corrected chi connectivity index (χ2v) is 6.85. The molecule has 0 spiro atoms. The summed E-state index contributed by atoms with van der Waals surface area (Å²) < 4.78 is 6.58. The van der Waals surface area contributed by atoms with Gasteiger partial charge < -0.3 is 4.52 Å². The van der Waals surface area contributed by atoms with E-state index in [2.05, 4.69) is 22.4 Å². The maximum absolute atomic E-state index is 12.3. The van der Waals surface area contributed by atoms with E-state index in [-0.39, 0.29) is 24.8 Å². The molecule has 2 aromatic heterocycles. The molecule has 152 valence electrons. The number of hydrogen-bond donors (Lipinski definition) is 2. The van der Waals surface area contributed by atoms with Crippen molar-refractivity contribution in [3.8, 4) is 11.3 Å². The molecule has 0 unspecified atom stereocenters. The second-order valence-electron chi connectivity index (χ2n) is 6.85. The molecule has 8 nitrogen and oxygen atoms in total. The predicted octanol–water partition coefficient (Wildman–Crippen LogP) is 2.94. The van der Waals surface area contributed by atoms with E-state index in [1.165, 1.54) is 10.1 Å². The first kappa shape index (κ1) is 19.4. The summed E-state index contributed by atoms with van der Waals surface area (Å²) in [4.78, 5) is 38.7. The molecule has 0 fully saturated rings. The van der Waals surface area contributed by atoms with Crippen molar-refractivity contribution in [1.29, 1.82) is 0 Å². The molecule has 4 aromatic rings. The zero-order valence-electron chi connectivity index (χ0n) is 16.3. The van der Waals surface area contributed by atoms with E-state index in [0.29, 0.717) is 16.6 Å². The molecule has 1 amide bonds. The molecule has 0 aliphatic carbocycles. The number of benzene rings is 2.